The highest BCUT2D eigenvalue weighted by Crippen LogP contribution is 2.36. The first kappa shape index (κ1) is 15.9. The first-order valence-corrected chi connectivity index (χ1v) is 8.06. The third-order valence-corrected chi connectivity index (χ3v) is 4.13. The number of aromatic nitrogens is 4. The van der Waals surface area contributed by atoms with Crippen molar-refractivity contribution in [3.63, 3.8) is 0 Å². The molecule has 0 radical (unpaired) electrons. The number of hydrogen-bond donors (Lipinski definition) is 1. The minimum absolute atomic E-state index is 0.0562. The van der Waals surface area contributed by atoms with Gasteiger partial charge in [-0.1, -0.05) is 0 Å². The quantitative estimate of drug-likeness (QED) is 0.559. The number of carbonyl (C=O) groups is 1. The molecule has 1 heterocycles. The number of anilines is 1. The molecule has 1 N–H and O–H groups in total. The largest absolute Gasteiger partial charge is 0.322 e. The number of rotatable bonds is 5. The molecule has 0 aliphatic heterocycles. The van der Waals surface area contributed by atoms with E-state index in [1.54, 1.807) is 12.1 Å². The number of nitro benzene ring substituents is 1. The third-order valence-electron chi connectivity index (χ3n) is 4.13. The van der Waals surface area contributed by atoms with E-state index in [4.69, 9.17) is 0 Å². The Balaban J connectivity index is 1.47. The number of nitro groups is 1. The molecule has 2 aromatic carbocycles. The Morgan fingerprint density at radius 2 is 1.81 bits per heavy atom. The van der Waals surface area contributed by atoms with Crippen molar-refractivity contribution in [3.05, 3.63) is 64.2 Å². The highest BCUT2D eigenvalue weighted by atomic mass is 16.6. The van der Waals surface area contributed by atoms with Gasteiger partial charge in [0.2, 0.25) is 0 Å². The number of tetrazole rings is 1. The number of nitrogens with zero attached hydrogens (tertiary/aromatic N) is 5. The second-order valence-corrected chi connectivity index (χ2v) is 6.01. The maximum Gasteiger partial charge on any atom is 0.269 e. The van der Waals surface area contributed by atoms with Crippen LogP contribution in [0.25, 0.3) is 11.4 Å². The molecule has 0 spiro atoms. The first-order valence-electron chi connectivity index (χ1n) is 8.06. The van der Waals surface area contributed by atoms with Gasteiger partial charge in [-0.15, -0.1) is 5.10 Å². The number of nitrogens with one attached hydrogen (secondary N) is 1. The maximum absolute atomic E-state index is 12.2. The van der Waals surface area contributed by atoms with Gasteiger partial charge in [0.15, 0.2) is 5.82 Å². The van der Waals surface area contributed by atoms with Crippen LogP contribution in [-0.2, 0) is 0 Å². The van der Waals surface area contributed by atoms with E-state index in [1.807, 2.05) is 16.8 Å². The molecule has 4 rings (SSSR count). The maximum atomic E-state index is 12.2. The minimum atomic E-state index is -0.504. The van der Waals surface area contributed by atoms with Gasteiger partial charge >= 0.3 is 0 Å². The van der Waals surface area contributed by atoms with Gasteiger partial charge in [0, 0.05) is 28.9 Å². The van der Waals surface area contributed by atoms with E-state index in [2.05, 4.69) is 20.8 Å². The Labute approximate surface area is 147 Å². The van der Waals surface area contributed by atoms with E-state index in [-0.39, 0.29) is 11.6 Å². The average molecular weight is 350 g/mol. The second kappa shape index (κ2) is 6.36. The number of benzene rings is 2. The summed E-state index contributed by atoms with van der Waals surface area (Å²) in [5, 5.41) is 25.2. The molecule has 1 aliphatic carbocycles. The fourth-order valence-corrected chi connectivity index (χ4v) is 2.59. The van der Waals surface area contributed by atoms with Gasteiger partial charge in [-0.25, -0.2) is 4.68 Å². The van der Waals surface area contributed by atoms with Crippen molar-refractivity contribution in [2.75, 3.05) is 5.32 Å². The summed E-state index contributed by atoms with van der Waals surface area (Å²) in [4.78, 5) is 22.4. The lowest BCUT2D eigenvalue weighted by Crippen LogP contribution is -2.11. The summed E-state index contributed by atoms with van der Waals surface area (Å²) in [6.07, 6.45) is 2.17. The van der Waals surface area contributed by atoms with Crippen molar-refractivity contribution in [2.45, 2.75) is 18.9 Å². The molecule has 1 aliphatic rings. The Morgan fingerprint density at radius 1 is 1.12 bits per heavy atom. The molecule has 26 heavy (non-hydrogen) atoms. The topological polar surface area (TPSA) is 116 Å². The number of amides is 1. The molecule has 0 bridgehead atoms. The molecule has 0 saturated heterocycles. The summed E-state index contributed by atoms with van der Waals surface area (Å²) in [6.45, 7) is 0. The third kappa shape index (κ3) is 3.14. The van der Waals surface area contributed by atoms with Crippen LogP contribution in [0.3, 0.4) is 0 Å². The van der Waals surface area contributed by atoms with Crippen LogP contribution in [0.4, 0.5) is 11.4 Å². The van der Waals surface area contributed by atoms with E-state index in [9.17, 15) is 14.9 Å². The van der Waals surface area contributed by atoms with Crippen LogP contribution in [0.5, 0.6) is 0 Å². The molecule has 9 heteroatoms. The van der Waals surface area contributed by atoms with Crippen LogP contribution in [-0.4, -0.2) is 31.0 Å². The van der Waals surface area contributed by atoms with Crippen molar-refractivity contribution in [3.8, 4) is 11.4 Å². The van der Waals surface area contributed by atoms with E-state index in [1.165, 1.54) is 24.3 Å². The van der Waals surface area contributed by atoms with E-state index >= 15 is 0 Å². The minimum Gasteiger partial charge on any atom is -0.322 e. The van der Waals surface area contributed by atoms with Crippen LogP contribution in [0.1, 0.15) is 29.2 Å². The van der Waals surface area contributed by atoms with Crippen molar-refractivity contribution in [2.24, 2.45) is 0 Å². The Hall–Kier alpha value is -3.62. The van der Waals surface area contributed by atoms with Gasteiger partial charge in [-0.3, -0.25) is 14.9 Å². The lowest BCUT2D eigenvalue weighted by Gasteiger charge is -2.07. The highest BCUT2D eigenvalue weighted by molar-refractivity contribution is 6.04. The smallest absolute Gasteiger partial charge is 0.269 e. The first-order chi connectivity index (χ1) is 12.6. The molecule has 0 atom stereocenters. The molecule has 9 nitrogen and oxygen atoms in total. The van der Waals surface area contributed by atoms with E-state index < -0.39 is 4.92 Å². The van der Waals surface area contributed by atoms with Gasteiger partial charge in [-0.05, 0) is 59.7 Å². The van der Waals surface area contributed by atoms with Crippen LogP contribution in [0.15, 0.2) is 48.5 Å². The molecule has 1 saturated carbocycles. The normalized spacial score (nSPS) is 13.4. The highest BCUT2D eigenvalue weighted by Gasteiger charge is 2.28. The number of carbonyl (C=O) groups excluding carboxylic acids is 1. The van der Waals surface area contributed by atoms with Crippen molar-refractivity contribution < 1.29 is 9.72 Å². The zero-order valence-corrected chi connectivity index (χ0v) is 13.6. The summed E-state index contributed by atoms with van der Waals surface area (Å²) in [5.74, 6) is 0.371. The van der Waals surface area contributed by atoms with Crippen molar-refractivity contribution >= 4 is 17.3 Å². The van der Waals surface area contributed by atoms with Crippen LogP contribution in [0.2, 0.25) is 0 Å². The predicted octanol–water partition coefficient (Wildman–Crippen LogP) is 2.84. The van der Waals surface area contributed by atoms with Gasteiger partial charge in [0.1, 0.15) is 0 Å². The second-order valence-electron chi connectivity index (χ2n) is 6.01. The zero-order chi connectivity index (χ0) is 18.1. The molecule has 0 unspecified atom stereocenters. The van der Waals surface area contributed by atoms with Crippen LogP contribution < -0.4 is 5.32 Å². The number of non-ortho nitro benzene ring substituents is 1. The monoisotopic (exact) mass is 350 g/mol. The lowest BCUT2D eigenvalue weighted by molar-refractivity contribution is -0.384. The van der Waals surface area contributed by atoms with Crippen LogP contribution in [0, 0.1) is 10.1 Å². The predicted molar refractivity (Wildman–Crippen MR) is 92.6 cm³/mol. The molecular weight excluding hydrogens is 336 g/mol. The Morgan fingerprint density at radius 3 is 2.42 bits per heavy atom. The molecule has 1 amide bonds. The fourth-order valence-electron chi connectivity index (χ4n) is 2.59. The zero-order valence-electron chi connectivity index (χ0n) is 13.6. The standard InChI is InChI=1S/C17H14N6O3/c24-17(12-3-7-15(8-4-12)23(25)26)18-13-5-1-11(2-6-13)16-19-20-21-22(16)14-9-10-14/h1-8,14H,9-10H2,(H,18,24). The Bertz CT molecular complexity index is 961. The van der Waals surface area contributed by atoms with E-state index in [0.29, 0.717) is 23.1 Å². The summed E-state index contributed by atoms with van der Waals surface area (Å²) < 4.78 is 1.82. The fraction of sp³-hybridized carbons (Fsp3) is 0.176. The van der Waals surface area contributed by atoms with Gasteiger partial charge < -0.3 is 5.32 Å². The molecule has 3 aromatic rings. The van der Waals surface area contributed by atoms with Crippen molar-refractivity contribution in [1.82, 2.24) is 20.2 Å². The SMILES string of the molecule is O=C(Nc1ccc(-c2nnnn2C2CC2)cc1)c1ccc([N+](=O)[O-])cc1. The average Bonchev–Trinajstić information content (AvgIpc) is 3.39. The van der Waals surface area contributed by atoms with Gasteiger partial charge in [0.25, 0.3) is 11.6 Å². The molecular formula is C17H14N6O3. The Kier molecular flexibility index (Phi) is 3.88. The van der Waals surface area contributed by atoms with E-state index in [0.717, 1.165) is 18.4 Å². The summed E-state index contributed by atoms with van der Waals surface area (Å²) in [5.41, 5.74) is 1.77. The van der Waals surface area contributed by atoms with Crippen LogP contribution >= 0.6 is 0 Å². The van der Waals surface area contributed by atoms with Gasteiger partial charge in [0.05, 0.1) is 11.0 Å². The summed E-state index contributed by atoms with van der Waals surface area (Å²) >= 11 is 0. The van der Waals surface area contributed by atoms with Gasteiger partial charge in [-0.2, -0.15) is 0 Å². The molecule has 130 valence electrons. The summed E-state index contributed by atoms with van der Waals surface area (Å²) in [7, 11) is 0. The molecule has 1 aromatic heterocycles. The lowest BCUT2D eigenvalue weighted by atomic mass is 10.1. The number of hydrogen-bond acceptors (Lipinski definition) is 6. The molecule has 1 fully saturated rings. The summed E-state index contributed by atoms with van der Waals surface area (Å²) in [6, 6.07) is 13.0. The van der Waals surface area contributed by atoms with Crippen molar-refractivity contribution in [1.29, 1.82) is 0 Å².